The second kappa shape index (κ2) is 6.37. The van der Waals surface area contributed by atoms with Gasteiger partial charge in [-0.2, -0.15) is 0 Å². The van der Waals surface area contributed by atoms with E-state index in [2.05, 4.69) is 17.7 Å². The first kappa shape index (κ1) is 15.9. The van der Waals surface area contributed by atoms with Crippen molar-refractivity contribution in [2.45, 2.75) is 18.5 Å². The maximum absolute atomic E-state index is 12.0. The zero-order valence-corrected chi connectivity index (χ0v) is 14.2. The Kier molecular flexibility index (Phi) is 4.06. The summed E-state index contributed by atoms with van der Waals surface area (Å²) in [4.78, 5) is 23.5. The van der Waals surface area contributed by atoms with Crippen molar-refractivity contribution < 1.29 is 9.59 Å². The second-order valence-electron chi connectivity index (χ2n) is 6.21. The molecule has 4 nitrogen and oxygen atoms in total. The Balaban J connectivity index is 1.87. The zero-order valence-electron chi connectivity index (χ0n) is 13.4. The van der Waals surface area contributed by atoms with Crippen molar-refractivity contribution in [3.8, 4) is 0 Å². The van der Waals surface area contributed by atoms with Crippen LogP contribution < -0.4 is 5.32 Å². The van der Waals surface area contributed by atoms with Gasteiger partial charge in [0.05, 0.1) is 17.8 Å². The van der Waals surface area contributed by atoms with Gasteiger partial charge in [0.2, 0.25) is 5.91 Å². The van der Waals surface area contributed by atoms with Crippen LogP contribution in [0.5, 0.6) is 0 Å². The number of rotatable bonds is 4. The van der Waals surface area contributed by atoms with Gasteiger partial charge in [-0.05, 0) is 29.7 Å². The molecule has 1 aliphatic rings. The molecule has 2 atom stereocenters. The van der Waals surface area contributed by atoms with Gasteiger partial charge in [0.15, 0.2) is 0 Å². The molecule has 2 aromatic carbocycles. The fourth-order valence-electron chi connectivity index (χ4n) is 3.81. The van der Waals surface area contributed by atoms with Crippen LogP contribution in [0.1, 0.15) is 28.9 Å². The number of carbonyl (C=O) groups is 1. The Morgan fingerprint density at radius 1 is 1.20 bits per heavy atom. The fraction of sp³-hybridized carbons (Fsp3) is 0.200. The number of nitrogens with one attached hydrogen (secondary N) is 1. The highest BCUT2D eigenvalue weighted by Gasteiger charge is 2.36. The first-order valence-electron chi connectivity index (χ1n) is 8.14. The summed E-state index contributed by atoms with van der Waals surface area (Å²) < 4.78 is 1.99. The summed E-state index contributed by atoms with van der Waals surface area (Å²) in [5, 5.41) is 4.00. The Bertz CT molecular complexity index is 963. The highest BCUT2D eigenvalue weighted by Crippen LogP contribution is 2.41. The van der Waals surface area contributed by atoms with Gasteiger partial charge in [0.25, 0.3) is 6.29 Å². The van der Waals surface area contributed by atoms with Gasteiger partial charge in [-0.15, -0.1) is 11.6 Å². The lowest BCUT2D eigenvalue weighted by Crippen LogP contribution is -2.33. The number of hydrogen-bond donors (Lipinski definition) is 1. The summed E-state index contributed by atoms with van der Waals surface area (Å²) in [7, 11) is 0. The summed E-state index contributed by atoms with van der Waals surface area (Å²) in [5.41, 5.74) is 3.69. The van der Waals surface area contributed by atoms with Crippen LogP contribution >= 0.6 is 11.6 Å². The van der Waals surface area contributed by atoms with E-state index in [1.165, 1.54) is 5.56 Å². The topological polar surface area (TPSA) is 51.1 Å². The molecule has 0 aliphatic heterocycles. The molecule has 4 rings (SSSR count). The first-order valence-corrected chi connectivity index (χ1v) is 8.67. The summed E-state index contributed by atoms with van der Waals surface area (Å²) in [6.45, 7) is 0. The molecule has 0 bridgehead atoms. The molecule has 1 amide bonds. The average Bonchev–Trinajstić information content (AvgIpc) is 3.19. The Morgan fingerprint density at radius 2 is 1.96 bits per heavy atom. The minimum Gasteiger partial charge on any atom is -0.346 e. The standard InChI is InChI=1S/C20H16ClN2O2/c21-11-19(25)22-20-16-7-3-1-5-13(16)10-18(20)23-15(12-24)9-14-6-2-4-8-17(14)23/h1-9,18,20H,10-11H2,(H,22,25). The number of amides is 1. The molecule has 3 aromatic rings. The minimum atomic E-state index is -0.231. The number of carbonyl (C=O) groups excluding carboxylic acids is 2. The predicted molar refractivity (Wildman–Crippen MR) is 97.5 cm³/mol. The van der Waals surface area contributed by atoms with E-state index >= 15 is 0 Å². The molecule has 2 unspecified atom stereocenters. The van der Waals surface area contributed by atoms with Gasteiger partial charge >= 0.3 is 0 Å². The van der Waals surface area contributed by atoms with Crippen LogP contribution in [0.15, 0.2) is 54.6 Å². The lowest BCUT2D eigenvalue weighted by molar-refractivity contribution is -0.119. The maximum Gasteiger partial charge on any atom is 0.251 e. The molecule has 1 aliphatic carbocycles. The third kappa shape index (κ3) is 2.63. The number of para-hydroxylation sites is 1. The smallest absolute Gasteiger partial charge is 0.251 e. The minimum absolute atomic E-state index is 0.0928. The van der Waals surface area contributed by atoms with E-state index in [0.717, 1.165) is 22.9 Å². The number of alkyl halides is 1. The van der Waals surface area contributed by atoms with Gasteiger partial charge in [0.1, 0.15) is 5.88 Å². The molecule has 0 saturated heterocycles. The van der Waals surface area contributed by atoms with E-state index in [4.69, 9.17) is 11.6 Å². The molecule has 125 valence electrons. The molecule has 0 saturated carbocycles. The van der Waals surface area contributed by atoms with E-state index in [9.17, 15) is 9.59 Å². The zero-order chi connectivity index (χ0) is 17.4. The molecule has 0 spiro atoms. The number of aromatic nitrogens is 1. The van der Waals surface area contributed by atoms with E-state index in [-0.39, 0.29) is 23.9 Å². The van der Waals surface area contributed by atoms with Crippen molar-refractivity contribution in [1.29, 1.82) is 0 Å². The van der Waals surface area contributed by atoms with Crippen molar-refractivity contribution in [1.82, 2.24) is 9.88 Å². The molecule has 0 fully saturated rings. The van der Waals surface area contributed by atoms with Crippen LogP contribution in [-0.2, 0) is 16.0 Å². The molecule has 1 N–H and O–H groups in total. The second-order valence-corrected chi connectivity index (χ2v) is 6.48. The van der Waals surface area contributed by atoms with Gasteiger partial charge in [0, 0.05) is 10.9 Å². The fourth-order valence-corrected chi connectivity index (χ4v) is 3.89. The van der Waals surface area contributed by atoms with Gasteiger partial charge in [-0.25, -0.2) is 0 Å². The number of nitrogens with zero attached hydrogens (tertiary/aromatic N) is 1. The highest BCUT2D eigenvalue weighted by atomic mass is 35.5. The van der Waals surface area contributed by atoms with Crippen molar-refractivity contribution in [3.05, 3.63) is 71.4 Å². The number of halogens is 1. The van der Waals surface area contributed by atoms with Crippen LogP contribution in [0.3, 0.4) is 0 Å². The summed E-state index contributed by atoms with van der Waals surface area (Å²) in [5.74, 6) is -0.314. The van der Waals surface area contributed by atoms with Gasteiger partial charge in [-0.1, -0.05) is 42.5 Å². The van der Waals surface area contributed by atoms with E-state index in [1.54, 1.807) is 0 Å². The van der Waals surface area contributed by atoms with Crippen molar-refractivity contribution in [3.63, 3.8) is 0 Å². The normalized spacial score (nSPS) is 18.9. The SMILES string of the molecule is O=[C]c1cc2ccccc2n1C1Cc2ccccc2C1NC(=O)CCl. The molecule has 1 aromatic heterocycles. The summed E-state index contributed by atoms with van der Waals surface area (Å²) in [6.07, 6.45) is 2.78. The molecular formula is C20H16ClN2O2. The molecule has 1 heterocycles. The Hall–Kier alpha value is -2.59. The largest absolute Gasteiger partial charge is 0.346 e. The maximum atomic E-state index is 12.0. The van der Waals surface area contributed by atoms with Gasteiger partial charge < -0.3 is 9.88 Å². The monoisotopic (exact) mass is 351 g/mol. The van der Waals surface area contributed by atoms with Crippen LogP contribution in [0, 0.1) is 0 Å². The molecule has 1 radical (unpaired) electrons. The Labute approximate surface area is 150 Å². The summed E-state index contributed by atoms with van der Waals surface area (Å²) in [6, 6.07) is 17.4. The third-order valence-corrected chi connectivity index (χ3v) is 5.07. The lowest BCUT2D eigenvalue weighted by atomic mass is 10.1. The van der Waals surface area contributed by atoms with Crippen molar-refractivity contribution in [2.24, 2.45) is 0 Å². The highest BCUT2D eigenvalue weighted by molar-refractivity contribution is 6.27. The molecule has 25 heavy (non-hydrogen) atoms. The average molecular weight is 352 g/mol. The van der Waals surface area contributed by atoms with Crippen molar-refractivity contribution in [2.75, 3.05) is 5.88 Å². The van der Waals surface area contributed by atoms with Crippen LogP contribution in [0.25, 0.3) is 10.9 Å². The Morgan fingerprint density at radius 3 is 2.76 bits per heavy atom. The van der Waals surface area contributed by atoms with E-state index in [1.807, 2.05) is 53.1 Å². The van der Waals surface area contributed by atoms with Crippen molar-refractivity contribution >= 4 is 34.7 Å². The predicted octanol–water partition coefficient (Wildman–Crippen LogP) is 3.29. The number of benzene rings is 2. The third-order valence-electron chi connectivity index (χ3n) is 4.83. The molecule has 5 heteroatoms. The number of fused-ring (bicyclic) bond motifs is 2. The summed E-state index contributed by atoms with van der Waals surface area (Å²) >= 11 is 5.70. The van der Waals surface area contributed by atoms with E-state index in [0.29, 0.717) is 5.69 Å². The van der Waals surface area contributed by atoms with E-state index < -0.39 is 0 Å². The van der Waals surface area contributed by atoms with Crippen LogP contribution in [0.2, 0.25) is 0 Å². The first-order chi connectivity index (χ1) is 12.2. The lowest BCUT2D eigenvalue weighted by Gasteiger charge is -2.25. The number of hydrogen-bond acceptors (Lipinski definition) is 2. The van der Waals surface area contributed by atoms with Crippen LogP contribution in [-0.4, -0.2) is 22.6 Å². The quantitative estimate of drug-likeness (QED) is 0.733. The van der Waals surface area contributed by atoms with Gasteiger partial charge in [-0.3, -0.25) is 9.59 Å². The molecular weight excluding hydrogens is 336 g/mol. The van der Waals surface area contributed by atoms with Crippen LogP contribution in [0.4, 0.5) is 0 Å².